The summed E-state index contributed by atoms with van der Waals surface area (Å²) in [6, 6.07) is 9.29. The summed E-state index contributed by atoms with van der Waals surface area (Å²) < 4.78 is 14.1. The number of pyridine rings is 1. The van der Waals surface area contributed by atoms with Gasteiger partial charge in [0.15, 0.2) is 0 Å². The minimum atomic E-state index is -0.615. The summed E-state index contributed by atoms with van der Waals surface area (Å²) in [5.74, 6) is 0.297. The minimum absolute atomic E-state index is 0.0242. The van der Waals surface area contributed by atoms with Gasteiger partial charge < -0.3 is 14.8 Å². The molecule has 1 aromatic carbocycles. The third kappa shape index (κ3) is 4.59. The molecule has 0 spiro atoms. The van der Waals surface area contributed by atoms with Crippen molar-refractivity contribution in [1.29, 1.82) is 0 Å². The van der Waals surface area contributed by atoms with Crippen molar-refractivity contribution in [3.8, 4) is 11.4 Å². The van der Waals surface area contributed by atoms with Crippen LogP contribution in [0.25, 0.3) is 11.4 Å². The van der Waals surface area contributed by atoms with Gasteiger partial charge in [0.1, 0.15) is 17.5 Å². The monoisotopic (exact) mass is 441 g/mol. The van der Waals surface area contributed by atoms with Gasteiger partial charge in [-0.05, 0) is 36.8 Å². The first-order valence-electron chi connectivity index (χ1n) is 10.0. The summed E-state index contributed by atoms with van der Waals surface area (Å²) in [6.45, 7) is 4.01. The van der Waals surface area contributed by atoms with E-state index in [-0.39, 0.29) is 22.1 Å². The van der Waals surface area contributed by atoms with Gasteiger partial charge in [-0.25, -0.2) is 14.4 Å². The van der Waals surface area contributed by atoms with Crippen molar-refractivity contribution in [2.45, 2.75) is 13.3 Å². The highest BCUT2D eigenvalue weighted by atomic mass is 35.5. The molecule has 0 bridgehead atoms. The molecule has 7 nitrogen and oxygen atoms in total. The Morgan fingerprint density at radius 1 is 1.16 bits per heavy atom. The first-order valence-corrected chi connectivity index (χ1v) is 10.4. The number of anilines is 1. The predicted molar refractivity (Wildman–Crippen MR) is 117 cm³/mol. The fraction of sp³-hybridized carbons (Fsp3) is 0.273. The normalized spacial score (nSPS) is 14.0. The molecule has 1 aliphatic rings. The lowest BCUT2D eigenvalue weighted by Gasteiger charge is -2.35. The minimum Gasteiger partial charge on any atom is -0.353 e. The third-order valence-corrected chi connectivity index (χ3v) is 5.47. The van der Waals surface area contributed by atoms with Crippen molar-refractivity contribution < 1.29 is 9.18 Å². The van der Waals surface area contributed by atoms with Crippen molar-refractivity contribution in [3.63, 3.8) is 0 Å². The Bertz CT molecular complexity index is 1160. The summed E-state index contributed by atoms with van der Waals surface area (Å²) in [7, 11) is 0. The van der Waals surface area contributed by atoms with E-state index in [4.69, 9.17) is 11.6 Å². The van der Waals surface area contributed by atoms with Gasteiger partial charge in [0.05, 0.1) is 5.56 Å². The average molecular weight is 442 g/mol. The van der Waals surface area contributed by atoms with Crippen molar-refractivity contribution in [2.24, 2.45) is 0 Å². The lowest BCUT2D eigenvalue weighted by atomic mass is 10.1. The number of halogens is 2. The summed E-state index contributed by atoms with van der Waals surface area (Å²) in [5, 5.41) is 0.258. The summed E-state index contributed by atoms with van der Waals surface area (Å²) >= 11 is 5.77. The van der Waals surface area contributed by atoms with E-state index in [9.17, 15) is 14.0 Å². The molecule has 31 heavy (non-hydrogen) atoms. The molecule has 2 aromatic heterocycles. The van der Waals surface area contributed by atoms with E-state index in [1.807, 2.05) is 19.1 Å². The molecule has 0 aliphatic carbocycles. The van der Waals surface area contributed by atoms with Crippen molar-refractivity contribution in [2.75, 3.05) is 31.1 Å². The van der Waals surface area contributed by atoms with E-state index in [1.54, 1.807) is 11.1 Å². The largest absolute Gasteiger partial charge is 0.353 e. The number of hydrogen-bond acceptors (Lipinski definition) is 5. The van der Waals surface area contributed by atoms with E-state index in [0.717, 1.165) is 23.1 Å². The molecule has 0 atom stereocenters. The van der Waals surface area contributed by atoms with Gasteiger partial charge in [0, 0.05) is 54.7 Å². The molecule has 1 fully saturated rings. The number of H-pyrrole nitrogens is 1. The standard InChI is InChI=1S/C22H21ClFN5O2/c1-2-16-12-20(30)27-21(26-16)14-3-6-19(25-13-14)28-7-9-29(10-8-28)22(31)17-5-4-15(23)11-18(17)24/h3-6,11-13H,2,7-10H2,1H3,(H,26,27,30). The Kier molecular flexibility index (Phi) is 5.99. The van der Waals surface area contributed by atoms with E-state index >= 15 is 0 Å². The van der Waals surface area contributed by atoms with Gasteiger partial charge in [-0.15, -0.1) is 0 Å². The maximum atomic E-state index is 14.1. The Balaban J connectivity index is 1.43. The quantitative estimate of drug-likeness (QED) is 0.672. The van der Waals surface area contributed by atoms with Crippen LogP contribution in [-0.4, -0.2) is 51.9 Å². The lowest BCUT2D eigenvalue weighted by molar-refractivity contribution is 0.0742. The molecule has 0 radical (unpaired) electrons. The van der Waals surface area contributed by atoms with Crippen LogP contribution in [0.1, 0.15) is 23.0 Å². The SMILES string of the molecule is CCc1cc(=O)[nH]c(-c2ccc(N3CCN(C(=O)c4ccc(Cl)cc4F)CC3)nc2)n1. The number of aromatic nitrogens is 3. The molecule has 1 amide bonds. The number of aromatic amines is 1. The second kappa shape index (κ2) is 8.85. The van der Waals surface area contributed by atoms with Crippen LogP contribution in [0.2, 0.25) is 5.02 Å². The van der Waals surface area contributed by atoms with Crippen LogP contribution in [-0.2, 0) is 6.42 Å². The molecule has 9 heteroatoms. The number of carbonyl (C=O) groups is 1. The van der Waals surface area contributed by atoms with Gasteiger partial charge in [-0.2, -0.15) is 0 Å². The number of piperazine rings is 1. The highest BCUT2D eigenvalue weighted by molar-refractivity contribution is 6.30. The number of nitrogens with zero attached hydrogens (tertiary/aromatic N) is 4. The molecule has 3 heterocycles. The smallest absolute Gasteiger partial charge is 0.256 e. The molecule has 160 valence electrons. The third-order valence-electron chi connectivity index (χ3n) is 5.23. The zero-order valence-electron chi connectivity index (χ0n) is 16.9. The van der Waals surface area contributed by atoms with Crippen LogP contribution in [0, 0.1) is 5.82 Å². The van der Waals surface area contributed by atoms with Gasteiger partial charge in [0.25, 0.3) is 11.5 Å². The second-order valence-corrected chi connectivity index (χ2v) is 7.68. The topological polar surface area (TPSA) is 82.2 Å². The highest BCUT2D eigenvalue weighted by Crippen LogP contribution is 2.21. The van der Waals surface area contributed by atoms with Gasteiger partial charge in [-0.1, -0.05) is 18.5 Å². The lowest BCUT2D eigenvalue weighted by Crippen LogP contribution is -2.49. The van der Waals surface area contributed by atoms with Crippen LogP contribution in [0.3, 0.4) is 0 Å². The molecule has 0 unspecified atom stereocenters. The molecule has 1 aliphatic heterocycles. The highest BCUT2D eigenvalue weighted by Gasteiger charge is 2.24. The Labute approximate surface area is 183 Å². The van der Waals surface area contributed by atoms with Crippen molar-refractivity contribution in [3.05, 3.63) is 75.0 Å². The van der Waals surface area contributed by atoms with Crippen LogP contribution in [0.5, 0.6) is 0 Å². The maximum Gasteiger partial charge on any atom is 0.256 e. The number of hydrogen-bond donors (Lipinski definition) is 1. The number of rotatable bonds is 4. The van der Waals surface area contributed by atoms with Crippen LogP contribution in [0.15, 0.2) is 47.4 Å². The first-order chi connectivity index (χ1) is 14.9. The molecule has 3 aromatic rings. The number of aryl methyl sites for hydroxylation is 1. The Hall–Kier alpha value is -3.26. The van der Waals surface area contributed by atoms with Crippen LogP contribution >= 0.6 is 11.6 Å². The van der Waals surface area contributed by atoms with E-state index < -0.39 is 5.82 Å². The molecular formula is C22H21ClFN5O2. The Morgan fingerprint density at radius 2 is 1.94 bits per heavy atom. The molecule has 0 saturated carbocycles. The summed E-state index contributed by atoms with van der Waals surface area (Å²) in [5.41, 5.74) is 1.28. The fourth-order valence-corrected chi connectivity index (χ4v) is 3.67. The zero-order valence-corrected chi connectivity index (χ0v) is 17.7. The fourth-order valence-electron chi connectivity index (χ4n) is 3.51. The number of nitrogens with one attached hydrogen (secondary N) is 1. The number of benzene rings is 1. The van der Waals surface area contributed by atoms with Crippen LogP contribution < -0.4 is 10.5 Å². The molecule has 4 rings (SSSR count). The zero-order chi connectivity index (χ0) is 22.0. The molecule has 1 N–H and O–H groups in total. The van der Waals surface area contributed by atoms with E-state index in [1.165, 1.54) is 18.2 Å². The second-order valence-electron chi connectivity index (χ2n) is 7.25. The first kappa shape index (κ1) is 21.0. The number of carbonyl (C=O) groups excluding carboxylic acids is 1. The van der Waals surface area contributed by atoms with Crippen molar-refractivity contribution >= 4 is 23.3 Å². The summed E-state index contributed by atoms with van der Waals surface area (Å²) in [6.07, 6.45) is 2.35. The molecular weight excluding hydrogens is 421 g/mol. The van der Waals surface area contributed by atoms with E-state index in [0.29, 0.717) is 38.4 Å². The number of amides is 1. The molecule has 1 saturated heterocycles. The van der Waals surface area contributed by atoms with Gasteiger partial charge in [0.2, 0.25) is 0 Å². The van der Waals surface area contributed by atoms with Crippen molar-refractivity contribution in [1.82, 2.24) is 19.9 Å². The summed E-state index contributed by atoms with van der Waals surface area (Å²) in [4.78, 5) is 39.8. The predicted octanol–water partition coefficient (Wildman–Crippen LogP) is 3.15. The van der Waals surface area contributed by atoms with E-state index in [2.05, 4.69) is 19.9 Å². The Morgan fingerprint density at radius 3 is 2.58 bits per heavy atom. The van der Waals surface area contributed by atoms with Gasteiger partial charge >= 0.3 is 0 Å². The van der Waals surface area contributed by atoms with Crippen LogP contribution in [0.4, 0.5) is 10.2 Å². The maximum absolute atomic E-state index is 14.1. The average Bonchev–Trinajstić information content (AvgIpc) is 2.78. The van der Waals surface area contributed by atoms with Gasteiger partial charge in [-0.3, -0.25) is 9.59 Å².